The lowest BCUT2D eigenvalue weighted by Crippen LogP contribution is -2.24. The molecule has 1 saturated carbocycles. The van der Waals surface area contributed by atoms with Gasteiger partial charge in [-0.2, -0.15) is 0 Å². The summed E-state index contributed by atoms with van der Waals surface area (Å²) in [6.07, 6.45) is 7.22. The van der Waals surface area contributed by atoms with Gasteiger partial charge < -0.3 is 9.84 Å². The molecule has 1 aromatic carbocycles. The largest absolute Gasteiger partial charge is 0.490 e. The fraction of sp³-hybridized carbons (Fsp3) is 0.625. The first-order valence-corrected chi connectivity index (χ1v) is 8.02. The Bertz CT molecular complexity index is 398. The average molecular weight is 327 g/mol. The number of aliphatic hydroxyl groups excluding tert-OH is 1. The highest BCUT2D eigenvalue weighted by Gasteiger charge is 2.22. The number of benzene rings is 1. The quantitative estimate of drug-likeness (QED) is 0.865. The molecule has 0 bridgehead atoms. The van der Waals surface area contributed by atoms with E-state index in [9.17, 15) is 0 Å². The lowest BCUT2D eigenvalue weighted by Gasteiger charge is -2.29. The Hall–Kier alpha value is -0.540. The first-order chi connectivity index (χ1) is 9.20. The van der Waals surface area contributed by atoms with Crippen LogP contribution in [0.15, 0.2) is 22.7 Å². The number of aliphatic hydroxyl groups is 1. The van der Waals surface area contributed by atoms with Gasteiger partial charge >= 0.3 is 0 Å². The van der Waals surface area contributed by atoms with E-state index >= 15 is 0 Å². The van der Waals surface area contributed by atoms with E-state index in [0.717, 1.165) is 35.4 Å². The molecule has 19 heavy (non-hydrogen) atoms. The van der Waals surface area contributed by atoms with Crippen LogP contribution in [0.2, 0.25) is 0 Å². The Morgan fingerprint density at radius 3 is 2.68 bits per heavy atom. The van der Waals surface area contributed by atoms with Crippen LogP contribution in [0.1, 0.15) is 44.1 Å². The van der Waals surface area contributed by atoms with Gasteiger partial charge in [0.15, 0.2) is 0 Å². The Kier molecular flexibility index (Phi) is 5.71. The first kappa shape index (κ1) is 14.9. The molecule has 0 heterocycles. The minimum atomic E-state index is 0.327. The molecule has 1 aliphatic rings. The third-order valence-corrected chi connectivity index (χ3v) is 4.93. The molecule has 0 aliphatic heterocycles. The fourth-order valence-corrected chi connectivity index (χ4v) is 3.16. The molecule has 2 nitrogen and oxygen atoms in total. The van der Waals surface area contributed by atoms with E-state index in [2.05, 4.69) is 28.9 Å². The van der Waals surface area contributed by atoms with Gasteiger partial charge in [-0.25, -0.2) is 0 Å². The van der Waals surface area contributed by atoms with Crippen LogP contribution in [-0.4, -0.2) is 17.8 Å². The second kappa shape index (κ2) is 7.30. The summed E-state index contributed by atoms with van der Waals surface area (Å²) >= 11 is 3.55. The van der Waals surface area contributed by atoms with E-state index in [-0.39, 0.29) is 0 Å². The van der Waals surface area contributed by atoms with Crippen LogP contribution >= 0.6 is 15.9 Å². The van der Waals surface area contributed by atoms with Crippen molar-refractivity contribution in [3.63, 3.8) is 0 Å². The smallest absolute Gasteiger partial charge is 0.123 e. The number of halogens is 1. The minimum absolute atomic E-state index is 0.327. The summed E-state index contributed by atoms with van der Waals surface area (Å²) in [5.74, 6) is 1.80. The van der Waals surface area contributed by atoms with Crippen molar-refractivity contribution in [2.45, 2.75) is 51.6 Å². The van der Waals surface area contributed by atoms with Crippen molar-refractivity contribution in [3.8, 4) is 5.75 Å². The van der Waals surface area contributed by atoms with Crippen LogP contribution in [0.4, 0.5) is 0 Å². The molecule has 1 aliphatic carbocycles. The van der Waals surface area contributed by atoms with Gasteiger partial charge in [0.1, 0.15) is 5.75 Å². The Labute approximate surface area is 124 Å². The fourth-order valence-electron chi connectivity index (χ4n) is 2.81. The number of hydrogen-bond acceptors (Lipinski definition) is 2. The predicted octanol–water partition coefficient (Wildman–Crippen LogP) is 4.47. The molecule has 1 fully saturated rings. The van der Waals surface area contributed by atoms with Gasteiger partial charge in [-0.15, -0.1) is 0 Å². The summed E-state index contributed by atoms with van der Waals surface area (Å²) in [7, 11) is 0. The number of hydrogen-bond donors (Lipinski definition) is 1. The Morgan fingerprint density at radius 1 is 1.26 bits per heavy atom. The van der Waals surface area contributed by atoms with Crippen molar-refractivity contribution in [1.29, 1.82) is 0 Å². The highest BCUT2D eigenvalue weighted by atomic mass is 79.9. The molecule has 0 spiro atoms. The van der Waals surface area contributed by atoms with E-state index in [0.29, 0.717) is 12.7 Å². The van der Waals surface area contributed by atoms with Crippen LogP contribution < -0.4 is 4.74 Å². The zero-order chi connectivity index (χ0) is 13.7. The predicted molar refractivity (Wildman–Crippen MR) is 81.6 cm³/mol. The average Bonchev–Trinajstić information content (AvgIpc) is 2.43. The van der Waals surface area contributed by atoms with Gasteiger partial charge in [0.25, 0.3) is 0 Å². The van der Waals surface area contributed by atoms with E-state index in [1.807, 2.05) is 12.1 Å². The van der Waals surface area contributed by atoms with E-state index in [1.165, 1.54) is 24.8 Å². The van der Waals surface area contributed by atoms with Crippen LogP contribution in [0, 0.1) is 12.8 Å². The second-order valence-corrected chi connectivity index (χ2v) is 6.34. The summed E-state index contributed by atoms with van der Waals surface area (Å²) in [4.78, 5) is 0. The van der Waals surface area contributed by atoms with Crippen LogP contribution in [0.3, 0.4) is 0 Å². The van der Waals surface area contributed by atoms with Crippen molar-refractivity contribution in [2.24, 2.45) is 5.92 Å². The van der Waals surface area contributed by atoms with Crippen molar-refractivity contribution >= 4 is 15.9 Å². The Morgan fingerprint density at radius 2 is 2.00 bits per heavy atom. The van der Waals surface area contributed by atoms with Gasteiger partial charge in [-0.3, -0.25) is 0 Å². The molecule has 0 unspecified atom stereocenters. The van der Waals surface area contributed by atoms with Crippen molar-refractivity contribution in [3.05, 3.63) is 28.2 Å². The molecule has 3 heteroatoms. The summed E-state index contributed by atoms with van der Waals surface area (Å²) < 4.78 is 7.25. The van der Waals surface area contributed by atoms with Gasteiger partial charge in [0.2, 0.25) is 0 Å². The Balaban J connectivity index is 1.84. The summed E-state index contributed by atoms with van der Waals surface area (Å²) in [6, 6.07) is 6.13. The molecule has 0 saturated heterocycles. The highest BCUT2D eigenvalue weighted by molar-refractivity contribution is 9.10. The van der Waals surface area contributed by atoms with E-state index in [4.69, 9.17) is 9.84 Å². The van der Waals surface area contributed by atoms with Crippen LogP contribution in [0.5, 0.6) is 5.75 Å². The molecular weight excluding hydrogens is 304 g/mol. The molecule has 0 amide bonds. The summed E-state index contributed by atoms with van der Waals surface area (Å²) in [5.41, 5.74) is 1.19. The zero-order valence-electron chi connectivity index (χ0n) is 11.6. The molecule has 0 radical (unpaired) electrons. The molecule has 0 aromatic heterocycles. The monoisotopic (exact) mass is 326 g/mol. The van der Waals surface area contributed by atoms with Crippen LogP contribution in [-0.2, 0) is 0 Å². The maximum absolute atomic E-state index is 8.87. The number of ether oxygens (including phenoxy) is 1. The van der Waals surface area contributed by atoms with Crippen molar-refractivity contribution in [1.82, 2.24) is 0 Å². The standard InChI is InChI=1S/C16H23BrO2/c1-12-15(17)5-2-6-16(12)19-14-9-7-13(8-10-14)4-3-11-18/h2,5-6,13-14,18H,3-4,7-11H2,1H3. The SMILES string of the molecule is Cc1c(Br)cccc1OC1CCC(CCCO)CC1. The van der Waals surface area contributed by atoms with Gasteiger partial charge in [0, 0.05) is 16.6 Å². The van der Waals surface area contributed by atoms with E-state index in [1.54, 1.807) is 0 Å². The lowest BCUT2D eigenvalue weighted by atomic mass is 9.84. The second-order valence-electron chi connectivity index (χ2n) is 5.49. The maximum Gasteiger partial charge on any atom is 0.123 e. The number of rotatable bonds is 5. The normalized spacial score (nSPS) is 23.3. The molecular formula is C16H23BrO2. The third-order valence-electron chi connectivity index (χ3n) is 4.08. The molecule has 2 rings (SSSR count). The third kappa shape index (κ3) is 4.22. The van der Waals surface area contributed by atoms with Gasteiger partial charge in [-0.1, -0.05) is 22.0 Å². The van der Waals surface area contributed by atoms with Gasteiger partial charge in [-0.05, 0) is 63.5 Å². The molecule has 106 valence electrons. The van der Waals surface area contributed by atoms with Crippen molar-refractivity contribution < 1.29 is 9.84 Å². The van der Waals surface area contributed by atoms with E-state index < -0.39 is 0 Å². The van der Waals surface area contributed by atoms with Gasteiger partial charge in [0.05, 0.1) is 6.10 Å². The zero-order valence-corrected chi connectivity index (χ0v) is 13.2. The summed E-state index contributed by atoms with van der Waals surface area (Å²) in [6.45, 7) is 2.42. The topological polar surface area (TPSA) is 29.5 Å². The summed E-state index contributed by atoms with van der Waals surface area (Å²) in [5, 5.41) is 8.87. The van der Waals surface area contributed by atoms with Crippen LogP contribution in [0.25, 0.3) is 0 Å². The molecule has 1 aromatic rings. The molecule has 1 N–H and O–H groups in total. The lowest BCUT2D eigenvalue weighted by molar-refractivity contribution is 0.124. The van der Waals surface area contributed by atoms with Crippen molar-refractivity contribution in [2.75, 3.05) is 6.61 Å². The minimum Gasteiger partial charge on any atom is -0.490 e. The first-order valence-electron chi connectivity index (χ1n) is 7.23. The molecule has 0 atom stereocenters. The highest BCUT2D eigenvalue weighted by Crippen LogP contribution is 2.32. The maximum atomic E-state index is 8.87.